The van der Waals surface area contributed by atoms with Crippen molar-refractivity contribution < 1.29 is 0 Å². The standard InChI is InChI=1S/C9H19N3/c1-8-6-12(5-4-10-3)7-9(2)11-8/h9-11H,1,4-7H2,2-3H3/t9-/m0/s1. The van der Waals surface area contributed by atoms with Gasteiger partial charge in [-0.1, -0.05) is 6.58 Å². The Morgan fingerprint density at radius 2 is 2.50 bits per heavy atom. The lowest BCUT2D eigenvalue weighted by atomic mass is 10.2. The second-order valence-electron chi connectivity index (χ2n) is 3.49. The van der Waals surface area contributed by atoms with Crippen LogP contribution >= 0.6 is 0 Å². The van der Waals surface area contributed by atoms with Crippen LogP contribution in [0.15, 0.2) is 12.3 Å². The molecule has 0 unspecified atom stereocenters. The SMILES string of the molecule is C=C1CN(CCNC)C[C@H](C)N1. The molecule has 0 spiro atoms. The number of nitrogens with one attached hydrogen (secondary N) is 2. The first-order chi connectivity index (χ1) is 5.72. The molecular weight excluding hydrogens is 150 g/mol. The third-order valence-electron chi connectivity index (χ3n) is 2.08. The summed E-state index contributed by atoms with van der Waals surface area (Å²) in [6.07, 6.45) is 0. The van der Waals surface area contributed by atoms with Crippen LogP contribution in [-0.2, 0) is 0 Å². The minimum absolute atomic E-state index is 0.545. The molecule has 1 rings (SSSR count). The van der Waals surface area contributed by atoms with Gasteiger partial charge in [0, 0.05) is 37.9 Å². The number of hydrogen-bond donors (Lipinski definition) is 2. The Morgan fingerprint density at radius 3 is 3.08 bits per heavy atom. The molecule has 0 aromatic rings. The molecule has 0 amide bonds. The highest BCUT2D eigenvalue weighted by Crippen LogP contribution is 2.03. The third-order valence-corrected chi connectivity index (χ3v) is 2.08. The molecule has 0 aromatic carbocycles. The molecule has 70 valence electrons. The van der Waals surface area contributed by atoms with Crippen LogP contribution in [0.4, 0.5) is 0 Å². The van der Waals surface area contributed by atoms with Gasteiger partial charge in [-0.15, -0.1) is 0 Å². The Labute approximate surface area is 74.8 Å². The summed E-state index contributed by atoms with van der Waals surface area (Å²) in [5.41, 5.74) is 1.14. The van der Waals surface area contributed by atoms with Crippen molar-refractivity contribution in [2.45, 2.75) is 13.0 Å². The maximum atomic E-state index is 3.95. The van der Waals surface area contributed by atoms with Crippen LogP contribution in [0, 0.1) is 0 Å². The van der Waals surface area contributed by atoms with E-state index >= 15 is 0 Å². The van der Waals surface area contributed by atoms with E-state index in [0.29, 0.717) is 6.04 Å². The second-order valence-corrected chi connectivity index (χ2v) is 3.49. The van der Waals surface area contributed by atoms with Crippen molar-refractivity contribution in [1.82, 2.24) is 15.5 Å². The van der Waals surface area contributed by atoms with E-state index < -0.39 is 0 Å². The Bertz CT molecular complexity index is 156. The predicted molar refractivity (Wildman–Crippen MR) is 52.1 cm³/mol. The number of nitrogens with zero attached hydrogens (tertiary/aromatic N) is 1. The lowest BCUT2D eigenvalue weighted by molar-refractivity contribution is 0.236. The van der Waals surface area contributed by atoms with E-state index in [1.54, 1.807) is 0 Å². The highest BCUT2D eigenvalue weighted by Gasteiger charge is 2.16. The van der Waals surface area contributed by atoms with Gasteiger partial charge >= 0.3 is 0 Å². The predicted octanol–water partition coefficient (Wildman–Crippen LogP) is 0.0132. The average molecular weight is 169 g/mol. The van der Waals surface area contributed by atoms with Crippen LogP contribution < -0.4 is 10.6 Å². The van der Waals surface area contributed by atoms with Gasteiger partial charge in [-0.05, 0) is 14.0 Å². The van der Waals surface area contributed by atoms with Gasteiger partial charge in [0.1, 0.15) is 0 Å². The van der Waals surface area contributed by atoms with Gasteiger partial charge in [0.15, 0.2) is 0 Å². The van der Waals surface area contributed by atoms with Crippen molar-refractivity contribution >= 4 is 0 Å². The second kappa shape index (κ2) is 4.48. The van der Waals surface area contributed by atoms with E-state index in [2.05, 4.69) is 29.0 Å². The van der Waals surface area contributed by atoms with Crippen molar-refractivity contribution in [2.75, 3.05) is 33.2 Å². The van der Waals surface area contributed by atoms with Gasteiger partial charge in [-0.2, -0.15) is 0 Å². The molecule has 0 bridgehead atoms. The summed E-state index contributed by atoms with van der Waals surface area (Å²) in [6, 6.07) is 0.545. The summed E-state index contributed by atoms with van der Waals surface area (Å²) >= 11 is 0. The molecule has 1 aliphatic rings. The topological polar surface area (TPSA) is 27.3 Å². The minimum Gasteiger partial charge on any atom is -0.384 e. The van der Waals surface area contributed by atoms with Crippen LogP contribution in [0.25, 0.3) is 0 Å². The van der Waals surface area contributed by atoms with E-state index in [1.165, 1.54) is 0 Å². The van der Waals surface area contributed by atoms with Crippen molar-refractivity contribution in [1.29, 1.82) is 0 Å². The number of rotatable bonds is 3. The molecule has 1 aliphatic heterocycles. The van der Waals surface area contributed by atoms with Crippen LogP contribution in [-0.4, -0.2) is 44.2 Å². The van der Waals surface area contributed by atoms with E-state index in [9.17, 15) is 0 Å². The van der Waals surface area contributed by atoms with Gasteiger partial charge < -0.3 is 10.6 Å². The Balaban J connectivity index is 2.29. The van der Waals surface area contributed by atoms with E-state index in [1.807, 2.05) is 7.05 Å². The van der Waals surface area contributed by atoms with Crippen molar-refractivity contribution in [3.05, 3.63) is 12.3 Å². The smallest absolute Gasteiger partial charge is 0.0377 e. The number of piperazine rings is 1. The van der Waals surface area contributed by atoms with Crippen molar-refractivity contribution in [3.8, 4) is 0 Å². The zero-order chi connectivity index (χ0) is 8.97. The fourth-order valence-corrected chi connectivity index (χ4v) is 1.60. The highest BCUT2D eigenvalue weighted by atomic mass is 15.2. The van der Waals surface area contributed by atoms with Crippen LogP contribution in [0.5, 0.6) is 0 Å². The summed E-state index contributed by atoms with van der Waals surface area (Å²) in [7, 11) is 1.99. The quantitative estimate of drug-likeness (QED) is 0.623. The Hall–Kier alpha value is -0.540. The highest BCUT2D eigenvalue weighted by molar-refractivity contribution is 5.00. The lowest BCUT2D eigenvalue weighted by Crippen LogP contribution is -2.48. The first-order valence-electron chi connectivity index (χ1n) is 4.53. The summed E-state index contributed by atoms with van der Waals surface area (Å²) < 4.78 is 0. The fourth-order valence-electron chi connectivity index (χ4n) is 1.60. The zero-order valence-electron chi connectivity index (χ0n) is 8.06. The van der Waals surface area contributed by atoms with Gasteiger partial charge in [0.2, 0.25) is 0 Å². The maximum absolute atomic E-state index is 3.95. The third kappa shape index (κ3) is 2.83. The molecule has 0 saturated carbocycles. The molecule has 12 heavy (non-hydrogen) atoms. The summed E-state index contributed by atoms with van der Waals surface area (Å²) in [4.78, 5) is 2.42. The normalized spacial score (nSPS) is 25.5. The van der Waals surface area contributed by atoms with E-state index in [4.69, 9.17) is 0 Å². The molecule has 1 heterocycles. The number of hydrogen-bond acceptors (Lipinski definition) is 3. The van der Waals surface area contributed by atoms with Gasteiger partial charge in [-0.3, -0.25) is 4.90 Å². The van der Waals surface area contributed by atoms with Crippen LogP contribution in [0.3, 0.4) is 0 Å². The first kappa shape index (κ1) is 9.55. The molecule has 3 nitrogen and oxygen atoms in total. The molecule has 1 fully saturated rings. The monoisotopic (exact) mass is 169 g/mol. The average Bonchev–Trinajstić information content (AvgIpc) is 1.99. The Kier molecular flexibility index (Phi) is 3.56. The van der Waals surface area contributed by atoms with Crippen LogP contribution in [0.2, 0.25) is 0 Å². The van der Waals surface area contributed by atoms with Gasteiger partial charge in [-0.25, -0.2) is 0 Å². The molecule has 2 N–H and O–H groups in total. The summed E-state index contributed by atoms with van der Waals surface area (Å²) in [5.74, 6) is 0. The minimum atomic E-state index is 0.545. The molecule has 1 saturated heterocycles. The Morgan fingerprint density at radius 1 is 1.75 bits per heavy atom. The van der Waals surface area contributed by atoms with Gasteiger partial charge in [0.05, 0.1) is 0 Å². The van der Waals surface area contributed by atoms with Gasteiger partial charge in [0.25, 0.3) is 0 Å². The summed E-state index contributed by atoms with van der Waals surface area (Å²) in [6.45, 7) is 10.4. The molecule has 1 atom stereocenters. The van der Waals surface area contributed by atoms with Crippen LogP contribution in [0.1, 0.15) is 6.92 Å². The molecule has 0 radical (unpaired) electrons. The van der Waals surface area contributed by atoms with E-state index in [0.717, 1.165) is 31.9 Å². The van der Waals surface area contributed by atoms with Crippen molar-refractivity contribution in [3.63, 3.8) is 0 Å². The lowest BCUT2D eigenvalue weighted by Gasteiger charge is -2.33. The number of likely N-dealkylation sites (N-methyl/N-ethyl adjacent to an activating group) is 1. The summed E-state index contributed by atoms with van der Waals surface area (Å²) in [5, 5.41) is 6.48. The molecular formula is C9H19N3. The zero-order valence-corrected chi connectivity index (χ0v) is 8.06. The van der Waals surface area contributed by atoms with E-state index in [-0.39, 0.29) is 0 Å². The molecule has 3 heteroatoms. The van der Waals surface area contributed by atoms with Crippen molar-refractivity contribution in [2.24, 2.45) is 0 Å². The largest absolute Gasteiger partial charge is 0.384 e. The molecule has 0 aliphatic carbocycles. The fraction of sp³-hybridized carbons (Fsp3) is 0.778. The first-order valence-corrected chi connectivity index (χ1v) is 4.53. The maximum Gasteiger partial charge on any atom is 0.0377 e. The molecule has 0 aromatic heterocycles.